The van der Waals surface area contributed by atoms with Crippen LogP contribution in [0.3, 0.4) is 0 Å². The van der Waals surface area contributed by atoms with Crippen LogP contribution in [0.4, 0.5) is 10.1 Å². The number of carbonyl (C=O) groups excluding carboxylic acids is 1. The molecule has 23 heavy (non-hydrogen) atoms. The van der Waals surface area contributed by atoms with Crippen LogP contribution in [0.1, 0.15) is 29.9 Å². The van der Waals surface area contributed by atoms with Gasteiger partial charge in [0.25, 0.3) is 0 Å². The summed E-state index contributed by atoms with van der Waals surface area (Å²) in [6.45, 7) is 3.50. The van der Waals surface area contributed by atoms with E-state index in [1.807, 2.05) is 12.2 Å². The Kier molecular flexibility index (Phi) is 3.70. The second-order valence-electron chi connectivity index (χ2n) is 6.87. The van der Waals surface area contributed by atoms with Crippen LogP contribution in [-0.4, -0.2) is 49.4 Å². The number of rotatable bonds is 3. The number of hydrogen-bond acceptors (Lipinski definition) is 4. The van der Waals surface area contributed by atoms with Crippen LogP contribution < -0.4 is 10.6 Å². The topological polar surface area (TPSA) is 49.6 Å². The smallest absolute Gasteiger partial charge is 0.146 e. The summed E-state index contributed by atoms with van der Waals surface area (Å²) in [7, 11) is 0. The van der Waals surface area contributed by atoms with Crippen molar-refractivity contribution < 1.29 is 9.18 Å². The lowest BCUT2D eigenvalue weighted by Gasteiger charge is -2.32. The molecule has 4 rings (SSSR count). The molecule has 3 aliphatic rings. The first-order chi connectivity index (χ1) is 11.2. The fourth-order valence-electron chi connectivity index (χ4n) is 4.16. The minimum atomic E-state index is -0.275. The quantitative estimate of drug-likeness (QED) is 0.864. The lowest BCUT2D eigenvalue weighted by atomic mass is 9.95. The molecule has 2 atom stereocenters. The number of benzene rings is 1. The third-order valence-electron chi connectivity index (χ3n) is 5.39. The molecule has 1 saturated heterocycles. The number of aldehydes is 1. The molecular weight excluding hydrogens is 293 g/mol. The van der Waals surface area contributed by atoms with Crippen molar-refractivity contribution in [2.75, 3.05) is 31.1 Å². The Morgan fingerprint density at radius 1 is 1.30 bits per heavy atom. The Morgan fingerprint density at radius 2 is 2.09 bits per heavy atom. The predicted molar refractivity (Wildman–Crippen MR) is 89.0 cm³/mol. The third-order valence-corrected chi connectivity index (χ3v) is 5.39. The number of anilines is 1. The lowest BCUT2D eigenvalue weighted by Crippen LogP contribution is -2.42. The predicted octanol–water partition coefficient (Wildman–Crippen LogP) is 1.75. The SMILES string of the molecule is NC1CCN(C[C@@H]2CN3c4c(ccc(F)c42)C=CC3C=O)CC1. The Balaban J connectivity index is 1.63. The van der Waals surface area contributed by atoms with Gasteiger partial charge in [-0.05, 0) is 43.6 Å². The van der Waals surface area contributed by atoms with E-state index in [9.17, 15) is 9.18 Å². The van der Waals surface area contributed by atoms with Crippen molar-refractivity contribution in [3.63, 3.8) is 0 Å². The maximum atomic E-state index is 14.5. The standard InChI is InChI=1S/C18H22FN3O/c19-16-4-2-12-1-3-15(11-23)22-10-13(17(16)18(12)22)9-21-7-5-14(20)6-8-21/h1-4,11,13-15H,5-10,20H2/t13-,15?/m1/s1. The average molecular weight is 315 g/mol. The van der Waals surface area contributed by atoms with Gasteiger partial charge in [-0.15, -0.1) is 0 Å². The molecule has 3 aliphatic heterocycles. The van der Waals surface area contributed by atoms with Gasteiger partial charge in [-0.2, -0.15) is 0 Å². The minimum Gasteiger partial charge on any atom is -0.357 e. The summed E-state index contributed by atoms with van der Waals surface area (Å²) in [5.41, 5.74) is 8.69. The normalized spacial score (nSPS) is 27.3. The van der Waals surface area contributed by atoms with Gasteiger partial charge < -0.3 is 20.3 Å². The Morgan fingerprint density at radius 3 is 2.83 bits per heavy atom. The molecule has 122 valence electrons. The number of halogens is 1. The van der Waals surface area contributed by atoms with Crippen molar-refractivity contribution in [2.24, 2.45) is 5.73 Å². The summed E-state index contributed by atoms with van der Waals surface area (Å²) in [6.07, 6.45) is 6.79. The Bertz CT molecular complexity index is 652. The minimum absolute atomic E-state index is 0.113. The van der Waals surface area contributed by atoms with Gasteiger partial charge in [-0.1, -0.05) is 12.2 Å². The second kappa shape index (κ2) is 5.73. The molecule has 1 aromatic rings. The maximum absolute atomic E-state index is 14.5. The summed E-state index contributed by atoms with van der Waals surface area (Å²) >= 11 is 0. The van der Waals surface area contributed by atoms with Crippen molar-refractivity contribution >= 4 is 18.0 Å². The number of piperidine rings is 1. The Labute approximate surface area is 135 Å². The number of hydrogen-bond donors (Lipinski definition) is 1. The first-order valence-electron chi connectivity index (χ1n) is 8.38. The van der Waals surface area contributed by atoms with Gasteiger partial charge in [-0.25, -0.2) is 4.39 Å². The average Bonchev–Trinajstić information content (AvgIpc) is 2.94. The van der Waals surface area contributed by atoms with Crippen LogP contribution in [0.25, 0.3) is 6.08 Å². The van der Waals surface area contributed by atoms with E-state index in [2.05, 4.69) is 9.80 Å². The summed E-state index contributed by atoms with van der Waals surface area (Å²) in [5, 5.41) is 0. The van der Waals surface area contributed by atoms with Crippen molar-refractivity contribution in [3.8, 4) is 0 Å². The highest BCUT2D eigenvalue weighted by Gasteiger charge is 2.38. The highest BCUT2D eigenvalue weighted by molar-refractivity contribution is 5.84. The molecular formula is C18H22FN3O. The molecule has 5 heteroatoms. The zero-order chi connectivity index (χ0) is 16.0. The van der Waals surface area contributed by atoms with E-state index in [1.165, 1.54) is 0 Å². The van der Waals surface area contributed by atoms with E-state index >= 15 is 0 Å². The van der Waals surface area contributed by atoms with Gasteiger partial charge in [-0.3, -0.25) is 0 Å². The van der Waals surface area contributed by atoms with Crippen LogP contribution in [0.5, 0.6) is 0 Å². The van der Waals surface area contributed by atoms with E-state index in [4.69, 9.17) is 5.73 Å². The molecule has 0 aliphatic carbocycles. The third kappa shape index (κ3) is 2.48. The first kappa shape index (κ1) is 14.8. The molecule has 4 nitrogen and oxygen atoms in total. The Hall–Kier alpha value is -1.72. The molecule has 0 bridgehead atoms. The molecule has 0 aromatic heterocycles. The molecule has 3 heterocycles. The summed E-state index contributed by atoms with van der Waals surface area (Å²) < 4.78 is 14.5. The molecule has 0 amide bonds. The molecule has 1 fully saturated rings. The first-order valence-corrected chi connectivity index (χ1v) is 8.38. The van der Waals surface area contributed by atoms with Gasteiger partial charge >= 0.3 is 0 Å². The zero-order valence-electron chi connectivity index (χ0n) is 13.1. The van der Waals surface area contributed by atoms with E-state index in [-0.39, 0.29) is 17.8 Å². The van der Waals surface area contributed by atoms with E-state index in [1.54, 1.807) is 12.1 Å². The van der Waals surface area contributed by atoms with Gasteiger partial charge in [0, 0.05) is 30.6 Å². The fourth-order valence-corrected chi connectivity index (χ4v) is 4.16. The van der Waals surface area contributed by atoms with Crippen LogP contribution in [0.15, 0.2) is 18.2 Å². The molecule has 0 spiro atoms. The van der Waals surface area contributed by atoms with E-state index < -0.39 is 0 Å². The number of likely N-dealkylation sites (tertiary alicyclic amines) is 1. The maximum Gasteiger partial charge on any atom is 0.146 e. The van der Waals surface area contributed by atoms with E-state index in [0.29, 0.717) is 12.6 Å². The van der Waals surface area contributed by atoms with Gasteiger partial charge in [0.15, 0.2) is 0 Å². The van der Waals surface area contributed by atoms with Gasteiger partial charge in [0.2, 0.25) is 0 Å². The zero-order valence-corrected chi connectivity index (χ0v) is 13.1. The lowest BCUT2D eigenvalue weighted by molar-refractivity contribution is -0.108. The fraction of sp³-hybridized carbons (Fsp3) is 0.500. The van der Waals surface area contributed by atoms with Gasteiger partial charge in [0.05, 0.1) is 5.69 Å². The molecule has 2 N–H and O–H groups in total. The monoisotopic (exact) mass is 315 g/mol. The summed E-state index contributed by atoms with van der Waals surface area (Å²) in [5.74, 6) is -0.0356. The number of nitrogens with two attached hydrogens (primary N) is 1. The van der Waals surface area contributed by atoms with Crippen molar-refractivity contribution in [1.29, 1.82) is 0 Å². The highest BCUT2D eigenvalue weighted by Crippen LogP contribution is 2.44. The molecule has 0 saturated carbocycles. The molecule has 0 radical (unpaired) electrons. The van der Waals surface area contributed by atoms with Crippen LogP contribution in [0, 0.1) is 5.82 Å². The second-order valence-corrected chi connectivity index (χ2v) is 6.87. The van der Waals surface area contributed by atoms with Crippen molar-refractivity contribution in [3.05, 3.63) is 35.2 Å². The summed E-state index contributed by atoms with van der Waals surface area (Å²) in [4.78, 5) is 15.8. The van der Waals surface area contributed by atoms with Crippen LogP contribution >= 0.6 is 0 Å². The molecule has 1 unspecified atom stereocenters. The van der Waals surface area contributed by atoms with Crippen LogP contribution in [0.2, 0.25) is 0 Å². The number of carbonyl (C=O) groups is 1. The van der Waals surface area contributed by atoms with Gasteiger partial charge in [0.1, 0.15) is 18.1 Å². The highest BCUT2D eigenvalue weighted by atomic mass is 19.1. The van der Waals surface area contributed by atoms with Crippen molar-refractivity contribution in [2.45, 2.75) is 30.8 Å². The van der Waals surface area contributed by atoms with Crippen LogP contribution in [-0.2, 0) is 4.79 Å². The number of nitrogens with zero attached hydrogens (tertiary/aromatic N) is 2. The van der Waals surface area contributed by atoms with E-state index in [0.717, 1.165) is 55.6 Å². The van der Waals surface area contributed by atoms with Crippen molar-refractivity contribution in [1.82, 2.24) is 4.90 Å². The molecule has 1 aromatic carbocycles. The summed E-state index contributed by atoms with van der Waals surface area (Å²) in [6, 6.07) is 3.39. The largest absolute Gasteiger partial charge is 0.357 e.